The molecule has 0 bridgehead atoms. The molecule has 0 fully saturated rings. The van der Waals surface area contributed by atoms with Gasteiger partial charge in [0.2, 0.25) is 0 Å². The van der Waals surface area contributed by atoms with Gasteiger partial charge in [-0.2, -0.15) is 0 Å². The lowest BCUT2D eigenvalue weighted by molar-refractivity contribution is 0.0692. The average Bonchev–Trinajstić information content (AvgIpc) is 2.92. The van der Waals surface area contributed by atoms with Gasteiger partial charge in [-0.25, -0.2) is 4.79 Å². The van der Waals surface area contributed by atoms with Crippen LogP contribution >= 0.6 is 0 Å². The molecule has 2 rings (SSSR count). The molecule has 0 aliphatic heterocycles. The zero-order valence-corrected chi connectivity index (χ0v) is 11.5. The number of unbranched alkanes of at least 4 members (excludes halogenated alkanes) is 1. The molecule has 0 saturated carbocycles. The standard InChI is InChI=1S/C16H18O4/c1-2-3-4-12-5-7-13(8-6-12)20-11-15-14(16(17)18)9-10-19-15/h5-10H,2-4,11H2,1H3,(H,17,18). The van der Waals surface area contributed by atoms with Gasteiger partial charge in [0.05, 0.1) is 6.26 Å². The van der Waals surface area contributed by atoms with Crippen molar-refractivity contribution in [2.75, 3.05) is 0 Å². The van der Waals surface area contributed by atoms with E-state index in [1.54, 1.807) is 0 Å². The normalized spacial score (nSPS) is 10.4. The van der Waals surface area contributed by atoms with E-state index in [4.69, 9.17) is 14.3 Å². The van der Waals surface area contributed by atoms with Crippen LogP contribution in [0.2, 0.25) is 0 Å². The van der Waals surface area contributed by atoms with Crippen LogP contribution in [0.15, 0.2) is 41.0 Å². The van der Waals surface area contributed by atoms with Crippen molar-refractivity contribution >= 4 is 5.97 Å². The van der Waals surface area contributed by atoms with Crippen LogP contribution in [0, 0.1) is 0 Å². The molecule has 20 heavy (non-hydrogen) atoms. The van der Waals surface area contributed by atoms with Crippen LogP contribution in [0.4, 0.5) is 0 Å². The highest BCUT2D eigenvalue weighted by Crippen LogP contribution is 2.17. The lowest BCUT2D eigenvalue weighted by atomic mass is 10.1. The third-order valence-corrected chi connectivity index (χ3v) is 3.09. The highest BCUT2D eigenvalue weighted by Gasteiger charge is 2.13. The van der Waals surface area contributed by atoms with E-state index in [0.717, 1.165) is 6.42 Å². The minimum absolute atomic E-state index is 0.114. The second kappa shape index (κ2) is 6.80. The summed E-state index contributed by atoms with van der Waals surface area (Å²) in [5.41, 5.74) is 1.42. The Morgan fingerprint density at radius 3 is 2.65 bits per heavy atom. The number of benzene rings is 1. The lowest BCUT2D eigenvalue weighted by Crippen LogP contribution is -2.02. The van der Waals surface area contributed by atoms with E-state index in [1.807, 2.05) is 24.3 Å². The quantitative estimate of drug-likeness (QED) is 0.831. The number of hydrogen-bond acceptors (Lipinski definition) is 3. The van der Waals surface area contributed by atoms with Gasteiger partial charge in [-0.3, -0.25) is 0 Å². The van der Waals surface area contributed by atoms with Crippen LogP contribution in [0.5, 0.6) is 5.75 Å². The first-order chi connectivity index (χ1) is 9.70. The summed E-state index contributed by atoms with van der Waals surface area (Å²) in [6, 6.07) is 9.29. The Hall–Kier alpha value is -2.23. The molecule has 0 aliphatic carbocycles. The maximum Gasteiger partial charge on any atom is 0.339 e. The van der Waals surface area contributed by atoms with Crippen molar-refractivity contribution in [2.45, 2.75) is 32.8 Å². The van der Waals surface area contributed by atoms with Gasteiger partial charge in [0.15, 0.2) is 5.76 Å². The summed E-state index contributed by atoms with van der Waals surface area (Å²) in [5.74, 6) is 0.0258. The Balaban J connectivity index is 1.93. The molecule has 0 saturated heterocycles. The van der Waals surface area contributed by atoms with Crippen molar-refractivity contribution in [3.63, 3.8) is 0 Å². The zero-order chi connectivity index (χ0) is 14.4. The van der Waals surface area contributed by atoms with E-state index >= 15 is 0 Å². The molecule has 106 valence electrons. The summed E-state index contributed by atoms with van der Waals surface area (Å²) in [6.07, 6.45) is 4.78. The first-order valence-electron chi connectivity index (χ1n) is 6.72. The fraction of sp³-hybridized carbons (Fsp3) is 0.312. The van der Waals surface area contributed by atoms with Gasteiger partial charge in [-0.1, -0.05) is 25.5 Å². The van der Waals surface area contributed by atoms with Crippen LogP contribution < -0.4 is 4.74 Å². The summed E-state index contributed by atoms with van der Waals surface area (Å²) in [7, 11) is 0. The largest absolute Gasteiger partial charge is 0.486 e. The number of carboxylic acid groups (broad SMARTS) is 1. The van der Waals surface area contributed by atoms with Gasteiger partial charge in [0, 0.05) is 0 Å². The molecule has 0 spiro atoms. The summed E-state index contributed by atoms with van der Waals surface area (Å²) in [5, 5.41) is 8.95. The number of hydrogen-bond donors (Lipinski definition) is 1. The SMILES string of the molecule is CCCCc1ccc(OCc2occc2C(=O)O)cc1. The Morgan fingerprint density at radius 1 is 1.25 bits per heavy atom. The van der Waals surface area contributed by atoms with Crippen LogP contribution in [0.1, 0.15) is 41.4 Å². The fourth-order valence-corrected chi connectivity index (χ4v) is 1.93. The number of carbonyl (C=O) groups is 1. The number of aryl methyl sites for hydroxylation is 1. The van der Waals surface area contributed by atoms with Crippen molar-refractivity contribution in [3.05, 3.63) is 53.5 Å². The highest BCUT2D eigenvalue weighted by atomic mass is 16.5. The second-order valence-corrected chi connectivity index (χ2v) is 4.60. The summed E-state index contributed by atoms with van der Waals surface area (Å²) < 4.78 is 10.7. The topological polar surface area (TPSA) is 59.7 Å². The molecular weight excluding hydrogens is 256 g/mol. The van der Waals surface area contributed by atoms with Gasteiger partial charge >= 0.3 is 5.97 Å². The molecule has 0 unspecified atom stereocenters. The summed E-state index contributed by atoms with van der Waals surface area (Å²) in [4.78, 5) is 10.9. The molecule has 1 aromatic carbocycles. The molecule has 0 aliphatic rings. The Kier molecular flexibility index (Phi) is 4.82. The molecule has 4 nitrogen and oxygen atoms in total. The van der Waals surface area contributed by atoms with Crippen molar-refractivity contribution in [1.82, 2.24) is 0 Å². The van der Waals surface area contributed by atoms with E-state index in [-0.39, 0.29) is 12.2 Å². The third kappa shape index (κ3) is 3.63. The van der Waals surface area contributed by atoms with Gasteiger partial charge in [0.25, 0.3) is 0 Å². The fourth-order valence-electron chi connectivity index (χ4n) is 1.93. The van der Waals surface area contributed by atoms with E-state index in [2.05, 4.69) is 6.92 Å². The number of ether oxygens (including phenoxy) is 1. The first-order valence-corrected chi connectivity index (χ1v) is 6.72. The van der Waals surface area contributed by atoms with Gasteiger partial charge in [0.1, 0.15) is 17.9 Å². The number of carboxylic acids is 1. The van der Waals surface area contributed by atoms with E-state index < -0.39 is 5.97 Å². The molecular formula is C16H18O4. The van der Waals surface area contributed by atoms with E-state index in [1.165, 1.54) is 30.7 Å². The molecule has 1 aromatic heterocycles. The molecule has 2 aromatic rings. The lowest BCUT2D eigenvalue weighted by Gasteiger charge is -2.06. The minimum Gasteiger partial charge on any atom is -0.486 e. The van der Waals surface area contributed by atoms with Gasteiger partial charge in [-0.05, 0) is 36.6 Å². The summed E-state index contributed by atoms with van der Waals surface area (Å²) >= 11 is 0. The predicted octanol–water partition coefficient (Wildman–Crippen LogP) is 3.90. The number of aromatic carboxylic acids is 1. The predicted molar refractivity (Wildman–Crippen MR) is 75.1 cm³/mol. The van der Waals surface area contributed by atoms with Crippen LogP contribution in [0.3, 0.4) is 0 Å². The Bertz CT molecular complexity index is 554. The van der Waals surface area contributed by atoms with Crippen molar-refractivity contribution < 1.29 is 19.1 Å². The van der Waals surface area contributed by atoms with Crippen molar-refractivity contribution in [3.8, 4) is 5.75 Å². The van der Waals surface area contributed by atoms with Crippen LogP contribution in [0.25, 0.3) is 0 Å². The van der Waals surface area contributed by atoms with E-state index in [0.29, 0.717) is 11.5 Å². The monoisotopic (exact) mass is 274 g/mol. The average molecular weight is 274 g/mol. The van der Waals surface area contributed by atoms with Crippen molar-refractivity contribution in [2.24, 2.45) is 0 Å². The molecule has 4 heteroatoms. The maximum atomic E-state index is 10.9. The van der Waals surface area contributed by atoms with E-state index in [9.17, 15) is 4.79 Å². The Labute approximate surface area is 118 Å². The van der Waals surface area contributed by atoms with Gasteiger partial charge < -0.3 is 14.3 Å². The Morgan fingerprint density at radius 2 is 2.00 bits per heavy atom. The van der Waals surface area contributed by atoms with Gasteiger partial charge in [-0.15, -0.1) is 0 Å². The molecule has 1 heterocycles. The third-order valence-electron chi connectivity index (χ3n) is 3.09. The van der Waals surface area contributed by atoms with Crippen LogP contribution in [-0.2, 0) is 13.0 Å². The zero-order valence-electron chi connectivity index (χ0n) is 11.5. The number of furan rings is 1. The highest BCUT2D eigenvalue weighted by molar-refractivity contribution is 5.88. The molecule has 0 amide bonds. The summed E-state index contributed by atoms with van der Waals surface area (Å²) in [6.45, 7) is 2.28. The maximum absolute atomic E-state index is 10.9. The molecule has 1 N–H and O–H groups in total. The minimum atomic E-state index is -1.01. The second-order valence-electron chi connectivity index (χ2n) is 4.60. The number of rotatable bonds is 7. The molecule has 0 atom stereocenters. The molecule has 0 radical (unpaired) electrons. The van der Waals surface area contributed by atoms with Crippen LogP contribution in [-0.4, -0.2) is 11.1 Å². The smallest absolute Gasteiger partial charge is 0.339 e. The first kappa shape index (κ1) is 14.2. The van der Waals surface area contributed by atoms with Crippen molar-refractivity contribution in [1.29, 1.82) is 0 Å².